The van der Waals surface area contributed by atoms with Gasteiger partial charge in [-0.2, -0.15) is 0 Å². The Balaban J connectivity index is 2.23. The quantitative estimate of drug-likeness (QED) is 0.537. The van der Waals surface area contributed by atoms with E-state index in [0.29, 0.717) is 5.92 Å². The van der Waals surface area contributed by atoms with Gasteiger partial charge in [-0.3, -0.25) is 0 Å². The van der Waals surface area contributed by atoms with Crippen LogP contribution in [0.5, 0.6) is 0 Å². The Morgan fingerprint density at radius 3 is 2.81 bits per heavy atom. The van der Waals surface area contributed by atoms with Crippen molar-refractivity contribution in [1.29, 1.82) is 0 Å². The number of methoxy groups -OCH3 is 1. The Labute approximate surface area is 97.5 Å². The summed E-state index contributed by atoms with van der Waals surface area (Å²) >= 11 is 0. The van der Waals surface area contributed by atoms with Gasteiger partial charge in [0.25, 0.3) is 0 Å². The van der Waals surface area contributed by atoms with Crippen LogP contribution in [-0.4, -0.2) is 24.3 Å². The van der Waals surface area contributed by atoms with E-state index in [1.165, 1.54) is 32.8 Å². The third-order valence-corrected chi connectivity index (χ3v) is 4.49. The molecular weight excluding hydrogens is 204 g/mol. The molecule has 3 atom stereocenters. The summed E-state index contributed by atoms with van der Waals surface area (Å²) in [6.45, 7) is 4.23. The second kappa shape index (κ2) is 4.02. The lowest BCUT2D eigenvalue weighted by Crippen LogP contribution is -2.38. The maximum Gasteiger partial charge on any atom is 0.341 e. The molecule has 0 radical (unpaired) electrons. The van der Waals surface area contributed by atoms with Crippen LogP contribution < -0.4 is 0 Å². The van der Waals surface area contributed by atoms with Crippen molar-refractivity contribution in [1.82, 2.24) is 0 Å². The van der Waals surface area contributed by atoms with Crippen molar-refractivity contribution in [3.05, 3.63) is 0 Å². The minimum absolute atomic E-state index is 0.177. The largest absolute Gasteiger partial charge is 0.467 e. The molecule has 3 unspecified atom stereocenters. The van der Waals surface area contributed by atoms with E-state index < -0.39 is 5.60 Å². The smallest absolute Gasteiger partial charge is 0.341 e. The molecular formula is C13H22O3. The third-order valence-electron chi connectivity index (χ3n) is 4.49. The molecule has 2 rings (SSSR count). The highest BCUT2D eigenvalue weighted by atomic mass is 16.7. The SMILES string of the molecule is CCC1(C(=O)OC)OC12CCCCCC2C. The molecule has 1 spiro atoms. The van der Waals surface area contributed by atoms with Crippen molar-refractivity contribution in [3.63, 3.8) is 0 Å². The molecule has 0 aromatic rings. The van der Waals surface area contributed by atoms with Gasteiger partial charge in [0.1, 0.15) is 5.60 Å². The molecule has 92 valence electrons. The number of carbonyl (C=O) groups is 1. The molecule has 0 aromatic carbocycles. The summed E-state index contributed by atoms with van der Waals surface area (Å²) in [5.74, 6) is 0.290. The molecule has 1 heterocycles. The van der Waals surface area contributed by atoms with E-state index in [9.17, 15) is 4.79 Å². The van der Waals surface area contributed by atoms with Gasteiger partial charge in [0, 0.05) is 0 Å². The van der Waals surface area contributed by atoms with E-state index in [1.807, 2.05) is 6.92 Å². The molecule has 0 bridgehead atoms. The normalized spacial score (nSPS) is 42.8. The highest BCUT2D eigenvalue weighted by Gasteiger charge is 2.75. The molecule has 3 heteroatoms. The zero-order valence-electron chi connectivity index (χ0n) is 10.5. The zero-order chi connectivity index (χ0) is 11.8. The maximum absolute atomic E-state index is 11.9. The summed E-state index contributed by atoms with van der Waals surface area (Å²) in [4.78, 5) is 11.9. The van der Waals surface area contributed by atoms with Crippen LogP contribution in [0.15, 0.2) is 0 Å². The van der Waals surface area contributed by atoms with Crippen molar-refractivity contribution < 1.29 is 14.3 Å². The first-order valence-electron chi connectivity index (χ1n) is 6.41. The first-order valence-corrected chi connectivity index (χ1v) is 6.41. The number of rotatable bonds is 2. The molecule has 2 fully saturated rings. The summed E-state index contributed by atoms with van der Waals surface area (Å²) < 4.78 is 10.9. The molecule has 16 heavy (non-hydrogen) atoms. The van der Waals surface area contributed by atoms with Gasteiger partial charge < -0.3 is 9.47 Å². The second-order valence-electron chi connectivity index (χ2n) is 5.16. The lowest BCUT2D eigenvalue weighted by molar-refractivity contribution is -0.147. The number of hydrogen-bond donors (Lipinski definition) is 0. The Kier molecular flexibility index (Phi) is 2.99. The highest BCUT2D eigenvalue weighted by Crippen LogP contribution is 2.60. The van der Waals surface area contributed by atoms with Crippen LogP contribution >= 0.6 is 0 Å². The van der Waals surface area contributed by atoms with Gasteiger partial charge in [-0.05, 0) is 25.2 Å². The van der Waals surface area contributed by atoms with Gasteiger partial charge in [-0.1, -0.05) is 33.1 Å². The average molecular weight is 226 g/mol. The van der Waals surface area contributed by atoms with Gasteiger partial charge in [0.2, 0.25) is 0 Å². The zero-order valence-corrected chi connectivity index (χ0v) is 10.5. The minimum Gasteiger partial charge on any atom is -0.467 e. The minimum atomic E-state index is -0.633. The number of hydrogen-bond acceptors (Lipinski definition) is 3. The third kappa shape index (κ3) is 1.41. The standard InChI is InChI=1S/C13H22O3/c1-4-12(11(14)15-3)13(16-12)9-7-5-6-8-10(13)2/h10H,4-9H2,1-3H3. The van der Waals surface area contributed by atoms with Crippen molar-refractivity contribution in [2.45, 2.75) is 63.6 Å². The monoisotopic (exact) mass is 226 g/mol. The molecule has 1 saturated carbocycles. The first-order chi connectivity index (χ1) is 7.63. The molecule has 1 saturated heterocycles. The van der Waals surface area contributed by atoms with E-state index in [4.69, 9.17) is 9.47 Å². The van der Waals surface area contributed by atoms with Gasteiger partial charge in [0.15, 0.2) is 5.60 Å². The fraction of sp³-hybridized carbons (Fsp3) is 0.923. The van der Waals surface area contributed by atoms with Crippen molar-refractivity contribution in [2.75, 3.05) is 7.11 Å². The van der Waals surface area contributed by atoms with Gasteiger partial charge in [-0.15, -0.1) is 0 Å². The average Bonchev–Trinajstić information content (AvgIpc) is 3.01. The van der Waals surface area contributed by atoms with Crippen molar-refractivity contribution >= 4 is 5.97 Å². The number of carbonyl (C=O) groups excluding carboxylic acids is 1. The lowest BCUT2D eigenvalue weighted by Gasteiger charge is -2.21. The Hall–Kier alpha value is -0.570. The lowest BCUT2D eigenvalue weighted by atomic mass is 9.78. The van der Waals surface area contributed by atoms with E-state index in [0.717, 1.165) is 12.8 Å². The Morgan fingerprint density at radius 2 is 2.19 bits per heavy atom. The van der Waals surface area contributed by atoms with Crippen LogP contribution in [-0.2, 0) is 14.3 Å². The topological polar surface area (TPSA) is 38.8 Å². The molecule has 0 N–H and O–H groups in total. The highest BCUT2D eigenvalue weighted by molar-refractivity contribution is 5.85. The summed E-state index contributed by atoms with van der Waals surface area (Å²) in [6.07, 6.45) is 6.59. The van der Waals surface area contributed by atoms with Crippen molar-refractivity contribution in [3.8, 4) is 0 Å². The predicted octanol–water partition coefficient (Wildman–Crippen LogP) is 2.68. The molecule has 0 aromatic heterocycles. The molecule has 1 aliphatic heterocycles. The maximum atomic E-state index is 11.9. The van der Waals surface area contributed by atoms with Crippen LogP contribution in [0.4, 0.5) is 0 Å². The van der Waals surface area contributed by atoms with Gasteiger partial charge in [-0.25, -0.2) is 4.79 Å². The van der Waals surface area contributed by atoms with Gasteiger partial charge >= 0.3 is 5.97 Å². The molecule has 3 nitrogen and oxygen atoms in total. The first kappa shape index (κ1) is 11.9. The van der Waals surface area contributed by atoms with Gasteiger partial charge in [0.05, 0.1) is 7.11 Å². The van der Waals surface area contributed by atoms with Crippen LogP contribution in [0, 0.1) is 5.92 Å². The Morgan fingerprint density at radius 1 is 1.44 bits per heavy atom. The van der Waals surface area contributed by atoms with E-state index >= 15 is 0 Å². The molecule has 1 aliphatic carbocycles. The van der Waals surface area contributed by atoms with E-state index in [2.05, 4.69) is 6.92 Å². The van der Waals surface area contributed by atoms with E-state index in [1.54, 1.807) is 0 Å². The van der Waals surface area contributed by atoms with Crippen LogP contribution in [0.1, 0.15) is 52.4 Å². The van der Waals surface area contributed by atoms with Crippen LogP contribution in [0.25, 0.3) is 0 Å². The molecule has 2 aliphatic rings. The number of esters is 1. The van der Waals surface area contributed by atoms with Crippen LogP contribution in [0.3, 0.4) is 0 Å². The Bertz CT molecular complexity index is 289. The van der Waals surface area contributed by atoms with E-state index in [-0.39, 0.29) is 11.6 Å². The van der Waals surface area contributed by atoms with Crippen LogP contribution in [0.2, 0.25) is 0 Å². The second-order valence-corrected chi connectivity index (χ2v) is 5.16. The fourth-order valence-electron chi connectivity index (χ4n) is 3.43. The summed E-state index contributed by atoms with van der Waals surface area (Å²) in [7, 11) is 1.45. The predicted molar refractivity (Wildman–Crippen MR) is 61.1 cm³/mol. The molecule has 0 amide bonds. The fourth-order valence-corrected chi connectivity index (χ4v) is 3.43. The summed E-state index contributed by atoms with van der Waals surface area (Å²) in [5.41, 5.74) is -0.850. The number of epoxide rings is 1. The summed E-state index contributed by atoms with van der Waals surface area (Å²) in [6, 6.07) is 0. The van der Waals surface area contributed by atoms with Crippen molar-refractivity contribution in [2.24, 2.45) is 5.92 Å². The number of ether oxygens (including phenoxy) is 2. The summed E-state index contributed by atoms with van der Waals surface area (Å²) in [5, 5.41) is 0.